The van der Waals surface area contributed by atoms with E-state index in [1.165, 1.54) is 12.1 Å². The summed E-state index contributed by atoms with van der Waals surface area (Å²) in [6.07, 6.45) is 0. The molecule has 0 amide bonds. The number of benzene rings is 2. The first-order valence-electron chi connectivity index (χ1n) is 5.42. The maximum Gasteiger partial charge on any atom is 0.132 e. The molecule has 0 bridgehead atoms. The molecule has 2 aromatic carbocycles. The Morgan fingerprint density at radius 1 is 1.00 bits per heavy atom. The molecule has 0 spiro atoms. The van der Waals surface area contributed by atoms with E-state index in [1.54, 1.807) is 30.3 Å². The largest absolute Gasteiger partial charge is 0.507 e. The molecule has 0 unspecified atom stereocenters. The Hall–Kier alpha value is -1.35. The maximum absolute atomic E-state index is 13.6. The van der Waals surface area contributed by atoms with Gasteiger partial charge in [0.1, 0.15) is 11.6 Å². The molecule has 0 aromatic heterocycles. The maximum atomic E-state index is 13.6. The van der Waals surface area contributed by atoms with Gasteiger partial charge in [0, 0.05) is 15.6 Å². The molecule has 3 heteroatoms. The Labute approximate surface area is 109 Å². The van der Waals surface area contributed by atoms with Gasteiger partial charge in [-0.1, -0.05) is 54.0 Å². The van der Waals surface area contributed by atoms with Crippen LogP contribution in [0.3, 0.4) is 0 Å². The summed E-state index contributed by atoms with van der Waals surface area (Å²) in [7, 11) is 0. The molecule has 0 aliphatic carbocycles. The van der Waals surface area contributed by atoms with Crippen molar-refractivity contribution in [1.29, 1.82) is 0 Å². The predicted octanol–water partition coefficient (Wildman–Crippen LogP) is 4.99. The average Bonchev–Trinajstić information content (AvgIpc) is 2.34. The van der Waals surface area contributed by atoms with Crippen LogP contribution in [0.15, 0.2) is 46.9 Å². The van der Waals surface area contributed by atoms with E-state index in [9.17, 15) is 9.50 Å². The van der Waals surface area contributed by atoms with E-state index in [0.29, 0.717) is 15.6 Å². The first-order chi connectivity index (χ1) is 8.20. The van der Waals surface area contributed by atoms with Gasteiger partial charge in [-0.15, -0.1) is 0 Å². The highest BCUT2D eigenvalue weighted by Gasteiger charge is 2.11. The second-order valence-electron chi connectivity index (χ2n) is 3.11. The summed E-state index contributed by atoms with van der Waals surface area (Å²) in [5, 5.41) is 9.63. The number of para-hydroxylation sites is 1. The molecular weight excluding hydrogens is 283 g/mol. The number of aromatic hydroxyl groups is 1. The summed E-state index contributed by atoms with van der Waals surface area (Å²) in [6, 6.07) is 11.4. The second kappa shape index (κ2) is 6.40. The van der Waals surface area contributed by atoms with E-state index < -0.39 is 0 Å². The number of hydrogen-bond acceptors (Lipinski definition) is 1. The second-order valence-corrected chi connectivity index (χ2v) is 3.97. The van der Waals surface area contributed by atoms with E-state index in [0.717, 1.165) is 0 Å². The lowest BCUT2D eigenvalue weighted by molar-refractivity contribution is 0.476. The molecule has 0 saturated carbocycles. The van der Waals surface area contributed by atoms with Gasteiger partial charge in [0.25, 0.3) is 0 Å². The zero-order valence-electron chi connectivity index (χ0n) is 9.74. The smallest absolute Gasteiger partial charge is 0.132 e. The molecule has 0 saturated heterocycles. The lowest BCUT2D eigenvalue weighted by Gasteiger charge is -2.07. The molecular formula is C14H14BrFO. The van der Waals surface area contributed by atoms with Crippen LogP contribution in [0.5, 0.6) is 5.75 Å². The van der Waals surface area contributed by atoms with E-state index in [-0.39, 0.29) is 11.6 Å². The van der Waals surface area contributed by atoms with Crippen LogP contribution in [0, 0.1) is 5.82 Å². The van der Waals surface area contributed by atoms with Crippen molar-refractivity contribution >= 4 is 15.9 Å². The third kappa shape index (κ3) is 3.07. The van der Waals surface area contributed by atoms with Crippen LogP contribution in [-0.4, -0.2) is 5.11 Å². The number of halogens is 2. The lowest BCUT2D eigenvalue weighted by atomic mass is 10.0. The molecule has 0 aliphatic heterocycles. The molecule has 2 rings (SSSR count). The monoisotopic (exact) mass is 296 g/mol. The fourth-order valence-corrected chi connectivity index (χ4v) is 2.00. The quantitative estimate of drug-likeness (QED) is 0.786. The van der Waals surface area contributed by atoms with Crippen molar-refractivity contribution in [3.05, 3.63) is 52.8 Å². The van der Waals surface area contributed by atoms with Crippen molar-refractivity contribution in [2.75, 3.05) is 0 Å². The van der Waals surface area contributed by atoms with Gasteiger partial charge in [0.05, 0.1) is 0 Å². The Bertz CT molecular complexity index is 477. The molecule has 1 N–H and O–H groups in total. The third-order valence-corrected chi connectivity index (χ3v) is 2.80. The summed E-state index contributed by atoms with van der Waals surface area (Å²) in [5.41, 5.74) is 0.873. The van der Waals surface area contributed by atoms with Gasteiger partial charge in [0.15, 0.2) is 0 Å². The number of hydrogen-bond donors (Lipinski definition) is 1. The Kier molecular flexibility index (Phi) is 5.16. The molecule has 0 atom stereocenters. The minimum atomic E-state index is -0.356. The van der Waals surface area contributed by atoms with Crippen LogP contribution in [0.2, 0.25) is 0 Å². The normalized spacial score (nSPS) is 9.41. The van der Waals surface area contributed by atoms with E-state index in [4.69, 9.17) is 0 Å². The predicted molar refractivity (Wildman–Crippen MR) is 72.5 cm³/mol. The van der Waals surface area contributed by atoms with Crippen molar-refractivity contribution < 1.29 is 9.50 Å². The van der Waals surface area contributed by atoms with Crippen LogP contribution in [-0.2, 0) is 0 Å². The number of phenols is 1. The van der Waals surface area contributed by atoms with Crippen LogP contribution in [0.4, 0.5) is 4.39 Å². The SMILES string of the molecule is CC.Oc1ccccc1-c1c(F)cccc1Br. The molecule has 2 aromatic rings. The summed E-state index contributed by atoms with van der Waals surface area (Å²) >= 11 is 3.27. The van der Waals surface area contributed by atoms with E-state index in [1.807, 2.05) is 13.8 Å². The van der Waals surface area contributed by atoms with Crippen molar-refractivity contribution in [2.45, 2.75) is 13.8 Å². The number of rotatable bonds is 1. The van der Waals surface area contributed by atoms with Crippen LogP contribution < -0.4 is 0 Å². The van der Waals surface area contributed by atoms with Gasteiger partial charge in [-0.25, -0.2) is 4.39 Å². The third-order valence-electron chi connectivity index (χ3n) is 2.14. The summed E-state index contributed by atoms with van der Waals surface area (Å²) in [5.74, 6) is -0.283. The molecule has 0 fully saturated rings. The standard InChI is InChI=1S/C12H8BrFO.C2H6/c13-9-5-3-6-10(14)12(9)8-4-1-2-7-11(8)15;1-2/h1-7,15H;1-2H3. The highest BCUT2D eigenvalue weighted by Crippen LogP contribution is 2.35. The Morgan fingerprint density at radius 2 is 1.65 bits per heavy atom. The fraction of sp³-hybridized carbons (Fsp3) is 0.143. The Balaban J connectivity index is 0.000000686. The van der Waals surface area contributed by atoms with Crippen LogP contribution in [0.1, 0.15) is 13.8 Å². The van der Waals surface area contributed by atoms with Gasteiger partial charge in [0.2, 0.25) is 0 Å². The first kappa shape index (κ1) is 13.7. The molecule has 0 radical (unpaired) electrons. The molecule has 0 aliphatic rings. The summed E-state index contributed by atoms with van der Waals surface area (Å²) in [4.78, 5) is 0. The van der Waals surface area contributed by atoms with Crippen molar-refractivity contribution in [3.8, 4) is 16.9 Å². The highest BCUT2D eigenvalue weighted by molar-refractivity contribution is 9.10. The topological polar surface area (TPSA) is 20.2 Å². The van der Waals surface area contributed by atoms with Crippen LogP contribution in [0.25, 0.3) is 11.1 Å². The zero-order chi connectivity index (χ0) is 12.8. The van der Waals surface area contributed by atoms with Gasteiger partial charge in [-0.05, 0) is 18.2 Å². The average molecular weight is 297 g/mol. The molecule has 90 valence electrons. The van der Waals surface area contributed by atoms with Gasteiger partial charge >= 0.3 is 0 Å². The summed E-state index contributed by atoms with van der Waals surface area (Å²) < 4.78 is 14.2. The van der Waals surface area contributed by atoms with Gasteiger partial charge in [-0.3, -0.25) is 0 Å². The molecule has 17 heavy (non-hydrogen) atoms. The fourth-order valence-electron chi connectivity index (χ4n) is 1.44. The lowest BCUT2D eigenvalue weighted by Crippen LogP contribution is -1.86. The van der Waals surface area contributed by atoms with E-state index >= 15 is 0 Å². The van der Waals surface area contributed by atoms with Crippen molar-refractivity contribution in [3.63, 3.8) is 0 Å². The minimum Gasteiger partial charge on any atom is -0.507 e. The highest BCUT2D eigenvalue weighted by atomic mass is 79.9. The van der Waals surface area contributed by atoms with Gasteiger partial charge in [-0.2, -0.15) is 0 Å². The van der Waals surface area contributed by atoms with E-state index in [2.05, 4.69) is 15.9 Å². The summed E-state index contributed by atoms with van der Waals surface area (Å²) in [6.45, 7) is 4.00. The van der Waals surface area contributed by atoms with Crippen molar-refractivity contribution in [2.24, 2.45) is 0 Å². The minimum absolute atomic E-state index is 0.0725. The van der Waals surface area contributed by atoms with Crippen molar-refractivity contribution in [1.82, 2.24) is 0 Å². The van der Waals surface area contributed by atoms with Crippen LogP contribution >= 0.6 is 15.9 Å². The van der Waals surface area contributed by atoms with Gasteiger partial charge < -0.3 is 5.11 Å². The molecule has 1 nitrogen and oxygen atoms in total. The zero-order valence-corrected chi connectivity index (χ0v) is 11.3. The Morgan fingerprint density at radius 3 is 2.24 bits per heavy atom. The molecule has 0 heterocycles. The first-order valence-corrected chi connectivity index (χ1v) is 6.22. The number of phenolic OH excluding ortho intramolecular Hbond substituents is 1.